The van der Waals surface area contributed by atoms with Crippen molar-refractivity contribution in [1.82, 2.24) is 0 Å². The van der Waals surface area contributed by atoms with E-state index in [0.717, 1.165) is 0 Å². The maximum Gasteiger partial charge on any atom is 0.166 e. The fourth-order valence-corrected chi connectivity index (χ4v) is 5.33. The summed E-state index contributed by atoms with van der Waals surface area (Å²) in [5.41, 5.74) is 1.99. The van der Waals surface area contributed by atoms with Crippen LogP contribution in [0.1, 0.15) is 60.4 Å². The topological polar surface area (TPSA) is 51.2 Å². The Balaban J connectivity index is 1.70. The third kappa shape index (κ3) is 3.37. The standard InChI is InChI=1S/C17H22O3S/c18-17(16-10-11-21(19,20)12-16)15-8-6-14(7-9-15)13-4-2-1-3-5-13/h6-9,13,16H,1-5,10-12H2. The molecule has 1 aliphatic heterocycles. The predicted molar refractivity (Wildman–Crippen MR) is 83.4 cm³/mol. The molecular formula is C17H22O3S. The third-order valence-electron chi connectivity index (χ3n) is 4.88. The van der Waals surface area contributed by atoms with E-state index in [1.807, 2.05) is 12.1 Å². The molecule has 1 unspecified atom stereocenters. The zero-order chi connectivity index (χ0) is 14.9. The molecule has 2 fully saturated rings. The minimum Gasteiger partial charge on any atom is -0.294 e. The van der Waals surface area contributed by atoms with Gasteiger partial charge >= 0.3 is 0 Å². The molecule has 1 saturated heterocycles. The smallest absolute Gasteiger partial charge is 0.166 e. The number of hydrogen-bond acceptors (Lipinski definition) is 3. The lowest BCUT2D eigenvalue weighted by Gasteiger charge is -2.22. The summed E-state index contributed by atoms with van der Waals surface area (Å²) in [6.45, 7) is 0. The molecule has 3 nitrogen and oxygen atoms in total. The largest absolute Gasteiger partial charge is 0.294 e. The van der Waals surface area contributed by atoms with Gasteiger partial charge in [-0.25, -0.2) is 8.42 Å². The summed E-state index contributed by atoms with van der Waals surface area (Å²) in [5, 5.41) is 0. The normalized spacial score (nSPS) is 25.8. The van der Waals surface area contributed by atoms with Gasteiger partial charge in [-0.1, -0.05) is 43.5 Å². The van der Waals surface area contributed by atoms with Crippen LogP contribution in [0.25, 0.3) is 0 Å². The van der Waals surface area contributed by atoms with Crippen molar-refractivity contribution >= 4 is 15.6 Å². The summed E-state index contributed by atoms with van der Waals surface area (Å²) >= 11 is 0. The summed E-state index contributed by atoms with van der Waals surface area (Å²) in [6.07, 6.45) is 6.90. The molecule has 1 aliphatic carbocycles. The molecule has 1 saturated carbocycles. The first-order valence-corrected chi connectivity index (χ1v) is 9.72. The first-order chi connectivity index (χ1) is 10.1. The molecule has 1 atom stereocenters. The second-order valence-corrected chi connectivity index (χ2v) is 8.65. The first kappa shape index (κ1) is 14.8. The Hall–Kier alpha value is -1.16. The molecule has 2 aliphatic rings. The van der Waals surface area contributed by atoms with Crippen molar-refractivity contribution in [3.8, 4) is 0 Å². The van der Waals surface area contributed by atoms with Gasteiger partial charge in [0.15, 0.2) is 15.6 Å². The fraction of sp³-hybridized carbons (Fsp3) is 0.588. The van der Waals surface area contributed by atoms with E-state index in [4.69, 9.17) is 0 Å². The second-order valence-electron chi connectivity index (χ2n) is 6.42. The molecule has 0 radical (unpaired) electrons. The van der Waals surface area contributed by atoms with E-state index in [0.29, 0.717) is 17.9 Å². The monoisotopic (exact) mass is 306 g/mol. The van der Waals surface area contributed by atoms with Gasteiger partial charge in [0.05, 0.1) is 11.5 Å². The van der Waals surface area contributed by atoms with E-state index in [9.17, 15) is 13.2 Å². The Morgan fingerprint density at radius 1 is 0.952 bits per heavy atom. The minimum absolute atomic E-state index is 0.00808. The lowest BCUT2D eigenvalue weighted by Crippen LogP contribution is -2.16. The van der Waals surface area contributed by atoms with Crippen LogP contribution >= 0.6 is 0 Å². The zero-order valence-electron chi connectivity index (χ0n) is 12.3. The molecular weight excluding hydrogens is 284 g/mol. The lowest BCUT2D eigenvalue weighted by molar-refractivity contribution is 0.0933. The molecule has 0 amide bonds. The van der Waals surface area contributed by atoms with Crippen LogP contribution in [0.4, 0.5) is 0 Å². The van der Waals surface area contributed by atoms with Gasteiger partial charge in [0.25, 0.3) is 0 Å². The summed E-state index contributed by atoms with van der Waals surface area (Å²) in [4.78, 5) is 12.4. The zero-order valence-corrected chi connectivity index (χ0v) is 13.1. The van der Waals surface area contributed by atoms with Gasteiger partial charge in [-0.05, 0) is 30.7 Å². The van der Waals surface area contributed by atoms with E-state index in [1.54, 1.807) is 0 Å². The Labute approximate surface area is 126 Å². The highest BCUT2D eigenvalue weighted by Crippen LogP contribution is 2.33. The highest BCUT2D eigenvalue weighted by molar-refractivity contribution is 7.91. The van der Waals surface area contributed by atoms with Crippen LogP contribution in [0.3, 0.4) is 0 Å². The molecule has 0 aromatic heterocycles. The Bertz CT molecular complexity index is 610. The minimum atomic E-state index is -2.99. The fourth-order valence-electron chi connectivity index (χ4n) is 3.59. The van der Waals surface area contributed by atoms with Crippen molar-refractivity contribution in [2.45, 2.75) is 44.4 Å². The van der Waals surface area contributed by atoms with E-state index < -0.39 is 9.84 Å². The van der Waals surface area contributed by atoms with Gasteiger partial charge in [-0.3, -0.25) is 4.79 Å². The molecule has 1 heterocycles. The Morgan fingerprint density at radius 3 is 2.19 bits per heavy atom. The molecule has 1 aromatic rings. The van der Waals surface area contributed by atoms with Crippen LogP contribution in [0.5, 0.6) is 0 Å². The van der Waals surface area contributed by atoms with Gasteiger partial charge in [-0.2, -0.15) is 0 Å². The Morgan fingerprint density at radius 2 is 1.62 bits per heavy atom. The van der Waals surface area contributed by atoms with E-state index in [1.165, 1.54) is 37.7 Å². The molecule has 3 rings (SSSR count). The number of ketones is 1. The summed E-state index contributed by atoms with van der Waals surface area (Å²) in [7, 11) is -2.99. The van der Waals surface area contributed by atoms with Crippen molar-refractivity contribution in [2.24, 2.45) is 5.92 Å². The van der Waals surface area contributed by atoms with Crippen LogP contribution in [-0.4, -0.2) is 25.7 Å². The van der Waals surface area contributed by atoms with Crippen LogP contribution < -0.4 is 0 Å². The van der Waals surface area contributed by atoms with E-state index in [-0.39, 0.29) is 23.2 Å². The van der Waals surface area contributed by atoms with Crippen LogP contribution in [-0.2, 0) is 9.84 Å². The highest BCUT2D eigenvalue weighted by atomic mass is 32.2. The SMILES string of the molecule is O=C(c1ccc(C2CCCCC2)cc1)C1CCS(=O)(=O)C1. The second kappa shape index (κ2) is 5.91. The van der Waals surface area contributed by atoms with Gasteiger partial charge in [-0.15, -0.1) is 0 Å². The lowest BCUT2D eigenvalue weighted by atomic mass is 9.83. The number of carbonyl (C=O) groups is 1. The van der Waals surface area contributed by atoms with Crippen molar-refractivity contribution in [3.63, 3.8) is 0 Å². The summed E-state index contributed by atoms with van der Waals surface area (Å²) in [6, 6.07) is 7.90. The van der Waals surface area contributed by atoms with E-state index >= 15 is 0 Å². The number of rotatable bonds is 3. The van der Waals surface area contributed by atoms with Crippen molar-refractivity contribution < 1.29 is 13.2 Å². The number of Topliss-reactive ketones (excluding diaryl/α,β-unsaturated/α-hetero) is 1. The van der Waals surface area contributed by atoms with Gasteiger partial charge < -0.3 is 0 Å². The Kier molecular flexibility index (Phi) is 4.16. The maximum atomic E-state index is 12.4. The molecule has 114 valence electrons. The highest BCUT2D eigenvalue weighted by Gasteiger charge is 2.33. The maximum absolute atomic E-state index is 12.4. The van der Waals surface area contributed by atoms with Crippen LogP contribution in [0.15, 0.2) is 24.3 Å². The van der Waals surface area contributed by atoms with Crippen LogP contribution in [0, 0.1) is 5.92 Å². The van der Waals surface area contributed by atoms with Crippen molar-refractivity contribution in [1.29, 1.82) is 0 Å². The van der Waals surface area contributed by atoms with Gasteiger partial charge in [0.1, 0.15) is 0 Å². The number of carbonyl (C=O) groups excluding carboxylic acids is 1. The molecule has 0 spiro atoms. The molecule has 21 heavy (non-hydrogen) atoms. The van der Waals surface area contributed by atoms with Crippen LogP contribution in [0.2, 0.25) is 0 Å². The number of sulfone groups is 1. The average molecular weight is 306 g/mol. The molecule has 4 heteroatoms. The summed E-state index contributed by atoms with van der Waals surface area (Å²) in [5.74, 6) is 0.469. The average Bonchev–Trinajstić information content (AvgIpc) is 2.88. The summed E-state index contributed by atoms with van der Waals surface area (Å²) < 4.78 is 23.0. The van der Waals surface area contributed by atoms with Gasteiger partial charge in [0.2, 0.25) is 0 Å². The van der Waals surface area contributed by atoms with Crippen molar-refractivity contribution in [2.75, 3.05) is 11.5 Å². The van der Waals surface area contributed by atoms with E-state index in [2.05, 4.69) is 12.1 Å². The molecule has 0 bridgehead atoms. The molecule has 0 N–H and O–H groups in total. The quantitative estimate of drug-likeness (QED) is 0.805. The van der Waals surface area contributed by atoms with Crippen molar-refractivity contribution in [3.05, 3.63) is 35.4 Å². The number of benzene rings is 1. The molecule has 1 aromatic carbocycles. The first-order valence-electron chi connectivity index (χ1n) is 7.90. The predicted octanol–water partition coefficient (Wildman–Crippen LogP) is 3.35. The third-order valence-corrected chi connectivity index (χ3v) is 6.64. The van der Waals surface area contributed by atoms with Gasteiger partial charge in [0, 0.05) is 11.5 Å². The number of hydrogen-bond donors (Lipinski definition) is 0.